The fourth-order valence-corrected chi connectivity index (χ4v) is 4.77. The summed E-state index contributed by atoms with van der Waals surface area (Å²) >= 11 is 0. The number of benzene rings is 2. The molecule has 2 heterocycles. The molecule has 1 saturated heterocycles. The number of hydrogen-bond donors (Lipinski definition) is 2. The van der Waals surface area contributed by atoms with E-state index in [4.69, 9.17) is 4.74 Å². The molecule has 33 heavy (non-hydrogen) atoms. The van der Waals surface area contributed by atoms with Crippen LogP contribution >= 0.6 is 0 Å². The molecule has 0 unspecified atom stereocenters. The molecule has 2 aromatic carbocycles. The van der Waals surface area contributed by atoms with Gasteiger partial charge in [-0.3, -0.25) is 4.72 Å². The van der Waals surface area contributed by atoms with Crippen LogP contribution in [-0.2, 0) is 10.0 Å². The Labute approximate surface area is 192 Å². The number of rotatable bonds is 7. The van der Waals surface area contributed by atoms with Gasteiger partial charge in [-0.2, -0.15) is 0 Å². The number of aromatic nitrogens is 1. The Hall–Kier alpha value is -3.79. The predicted octanol–water partition coefficient (Wildman–Crippen LogP) is 2.92. The lowest BCUT2D eigenvalue weighted by atomic mass is 10.1. The van der Waals surface area contributed by atoms with E-state index in [2.05, 4.69) is 14.6 Å². The Morgan fingerprint density at radius 3 is 2.30 bits per heavy atom. The van der Waals surface area contributed by atoms with Crippen LogP contribution in [0.15, 0.2) is 71.8 Å². The van der Waals surface area contributed by atoms with Gasteiger partial charge in [0.05, 0.1) is 28.9 Å². The average molecular weight is 469 g/mol. The van der Waals surface area contributed by atoms with Crippen LogP contribution in [0.1, 0.15) is 10.4 Å². The lowest BCUT2D eigenvalue weighted by Crippen LogP contribution is -2.47. The van der Waals surface area contributed by atoms with Crippen molar-refractivity contribution in [3.63, 3.8) is 0 Å². The van der Waals surface area contributed by atoms with Gasteiger partial charge in [0.15, 0.2) is 0 Å². The number of nitrogens with one attached hydrogen (secondary N) is 1. The molecular formula is C23H24N4O5S. The largest absolute Gasteiger partial charge is 0.497 e. The van der Waals surface area contributed by atoms with E-state index in [1.165, 1.54) is 31.4 Å². The topological polar surface area (TPSA) is 112 Å². The normalized spacial score (nSPS) is 14.1. The van der Waals surface area contributed by atoms with Crippen LogP contribution in [0.2, 0.25) is 0 Å². The minimum atomic E-state index is -3.94. The molecule has 0 amide bonds. The van der Waals surface area contributed by atoms with Crippen LogP contribution in [0.5, 0.6) is 5.75 Å². The summed E-state index contributed by atoms with van der Waals surface area (Å²) in [6.07, 6.45) is 1.75. The van der Waals surface area contributed by atoms with Gasteiger partial charge >= 0.3 is 5.97 Å². The maximum absolute atomic E-state index is 13.0. The molecule has 172 valence electrons. The first kappa shape index (κ1) is 22.4. The molecule has 1 aromatic heterocycles. The van der Waals surface area contributed by atoms with E-state index in [-0.39, 0.29) is 16.1 Å². The summed E-state index contributed by atoms with van der Waals surface area (Å²) in [4.78, 5) is 20.2. The first-order valence-corrected chi connectivity index (χ1v) is 11.8. The highest BCUT2D eigenvalue weighted by atomic mass is 32.2. The van der Waals surface area contributed by atoms with Crippen molar-refractivity contribution in [3.8, 4) is 5.75 Å². The molecule has 10 heteroatoms. The molecule has 0 saturated carbocycles. The summed E-state index contributed by atoms with van der Waals surface area (Å²) in [7, 11) is -2.44. The Kier molecular flexibility index (Phi) is 6.36. The van der Waals surface area contributed by atoms with Gasteiger partial charge < -0.3 is 19.6 Å². The highest BCUT2D eigenvalue weighted by Crippen LogP contribution is 2.31. The molecular weight excluding hydrogens is 444 g/mol. The predicted molar refractivity (Wildman–Crippen MR) is 126 cm³/mol. The summed E-state index contributed by atoms with van der Waals surface area (Å²) in [6.45, 7) is 2.64. The van der Waals surface area contributed by atoms with E-state index in [0.717, 1.165) is 5.82 Å². The summed E-state index contributed by atoms with van der Waals surface area (Å²) in [6, 6.07) is 16.2. The third kappa shape index (κ3) is 5.01. The Morgan fingerprint density at radius 1 is 1.00 bits per heavy atom. The minimum absolute atomic E-state index is 0.00157. The number of nitrogens with zero attached hydrogens (tertiary/aromatic N) is 3. The molecule has 0 bridgehead atoms. The zero-order valence-electron chi connectivity index (χ0n) is 18.0. The van der Waals surface area contributed by atoms with Gasteiger partial charge in [-0.25, -0.2) is 18.2 Å². The Balaban J connectivity index is 1.59. The second kappa shape index (κ2) is 9.37. The molecule has 0 spiro atoms. The van der Waals surface area contributed by atoms with Crippen LogP contribution in [-0.4, -0.2) is 57.8 Å². The quantitative estimate of drug-likeness (QED) is 0.544. The summed E-state index contributed by atoms with van der Waals surface area (Å²) in [5.41, 5.74) is 0.841. The number of ether oxygens (including phenoxy) is 1. The third-order valence-electron chi connectivity index (χ3n) is 5.45. The molecule has 2 N–H and O–H groups in total. The Bertz CT molecular complexity index is 1230. The smallest absolute Gasteiger partial charge is 0.335 e. The van der Waals surface area contributed by atoms with E-state index in [1.54, 1.807) is 24.4 Å². The SMILES string of the molecule is COc1ccc(S(=O)(=O)Nc2cc(C(=O)O)ccc2N2CCN(c3ccccn3)CC2)cc1. The fourth-order valence-electron chi connectivity index (χ4n) is 3.70. The minimum Gasteiger partial charge on any atom is -0.497 e. The number of carboxylic acid groups (broad SMARTS) is 1. The maximum atomic E-state index is 13.0. The summed E-state index contributed by atoms with van der Waals surface area (Å²) in [5, 5.41) is 9.43. The molecule has 3 aromatic rings. The molecule has 0 radical (unpaired) electrons. The van der Waals surface area contributed by atoms with Crippen molar-refractivity contribution < 1.29 is 23.1 Å². The van der Waals surface area contributed by atoms with Crippen molar-refractivity contribution in [3.05, 3.63) is 72.4 Å². The van der Waals surface area contributed by atoms with Crippen LogP contribution in [0.25, 0.3) is 0 Å². The number of piperazine rings is 1. The van der Waals surface area contributed by atoms with Crippen LogP contribution in [0, 0.1) is 0 Å². The molecule has 1 fully saturated rings. The summed E-state index contributed by atoms with van der Waals surface area (Å²) in [5.74, 6) is 0.290. The number of anilines is 3. The first-order chi connectivity index (χ1) is 15.9. The number of carbonyl (C=O) groups is 1. The first-order valence-electron chi connectivity index (χ1n) is 10.3. The van der Waals surface area contributed by atoms with Crippen LogP contribution in [0.3, 0.4) is 0 Å². The highest BCUT2D eigenvalue weighted by molar-refractivity contribution is 7.92. The van der Waals surface area contributed by atoms with Gasteiger partial charge in [0.2, 0.25) is 0 Å². The van der Waals surface area contributed by atoms with Crippen molar-refractivity contribution in [1.29, 1.82) is 0 Å². The third-order valence-corrected chi connectivity index (χ3v) is 6.83. The zero-order chi connectivity index (χ0) is 23.4. The van der Waals surface area contributed by atoms with E-state index in [0.29, 0.717) is 37.6 Å². The van der Waals surface area contributed by atoms with Gasteiger partial charge in [0.1, 0.15) is 11.6 Å². The lowest BCUT2D eigenvalue weighted by Gasteiger charge is -2.37. The van der Waals surface area contributed by atoms with Gasteiger partial charge in [-0.15, -0.1) is 0 Å². The number of sulfonamides is 1. The standard InChI is InChI=1S/C23H24N4O5S/c1-32-18-6-8-19(9-7-18)33(30,31)25-20-16-17(23(28)29)5-10-21(20)26-12-14-27(15-13-26)22-4-2-3-11-24-22/h2-11,16,25H,12-15H2,1H3,(H,28,29). The number of aromatic carboxylic acids is 1. The number of carboxylic acids is 1. The number of pyridine rings is 1. The van der Waals surface area contributed by atoms with Crippen molar-refractivity contribution in [2.45, 2.75) is 4.90 Å². The lowest BCUT2D eigenvalue weighted by molar-refractivity contribution is 0.0697. The van der Waals surface area contributed by atoms with Crippen molar-refractivity contribution in [2.75, 3.05) is 47.8 Å². The monoisotopic (exact) mass is 468 g/mol. The Morgan fingerprint density at radius 2 is 1.70 bits per heavy atom. The van der Waals surface area contributed by atoms with Gasteiger partial charge in [-0.1, -0.05) is 6.07 Å². The van der Waals surface area contributed by atoms with Crippen molar-refractivity contribution >= 4 is 33.2 Å². The molecule has 0 atom stereocenters. The van der Waals surface area contributed by atoms with E-state index in [1.807, 2.05) is 23.1 Å². The van der Waals surface area contributed by atoms with E-state index < -0.39 is 16.0 Å². The molecule has 9 nitrogen and oxygen atoms in total. The molecule has 1 aliphatic heterocycles. The number of hydrogen-bond acceptors (Lipinski definition) is 7. The van der Waals surface area contributed by atoms with Crippen molar-refractivity contribution in [2.24, 2.45) is 0 Å². The van der Waals surface area contributed by atoms with E-state index in [9.17, 15) is 18.3 Å². The highest BCUT2D eigenvalue weighted by Gasteiger charge is 2.23. The van der Waals surface area contributed by atoms with Crippen molar-refractivity contribution in [1.82, 2.24) is 4.98 Å². The fraction of sp³-hybridized carbons (Fsp3) is 0.217. The number of methoxy groups -OCH3 is 1. The van der Waals surface area contributed by atoms with Gasteiger partial charge in [0.25, 0.3) is 10.0 Å². The maximum Gasteiger partial charge on any atom is 0.335 e. The van der Waals surface area contributed by atoms with E-state index >= 15 is 0 Å². The zero-order valence-corrected chi connectivity index (χ0v) is 18.8. The molecule has 4 rings (SSSR count). The molecule has 1 aliphatic rings. The average Bonchev–Trinajstić information content (AvgIpc) is 2.84. The summed E-state index contributed by atoms with van der Waals surface area (Å²) < 4.78 is 33.7. The van der Waals surface area contributed by atoms with Gasteiger partial charge in [0, 0.05) is 32.4 Å². The second-order valence-electron chi connectivity index (χ2n) is 7.48. The molecule has 0 aliphatic carbocycles. The van der Waals surface area contributed by atoms with Gasteiger partial charge in [-0.05, 0) is 54.6 Å². The van der Waals surface area contributed by atoms with Crippen LogP contribution in [0.4, 0.5) is 17.2 Å². The second-order valence-corrected chi connectivity index (χ2v) is 9.16. The van der Waals surface area contributed by atoms with Crippen LogP contribution < -0.4 is 19.3 Å².